The number of hydrogen-bond acceptors (Lipinski definition) is 3. The second-order valence-electron chi connectivity index (χ2n) is 4.54. The van der Waals surface area contributed by atoms with E-state index in [-0.39, 0.29) is 6.42 Å². The maximum Gasteiger partial charge on any atom is 0.305 e. The van der Waals surface area contributed by atoms with Crippen LogP contribution in [0.1, 0.15) is 37.4 Å². The van der Waals surface area contributed by atoms with E-state index < -0.39 is 17.6 Å². The van der Waals surface area contributed by atoms with Gasteiger partial charge in [-0.3, -0.25) is 4.79 Å². The molecule has 1 aromatic carbocycles. The molecular formula is C13H19NO3. The van der Waals surface area contributed by atoms with Gasteiger partial charge in [0.1, 0.15) is 0 Å². The number of carboxylic acids is 1. The monoisotopic (exact) mass is 237 g/mol. The molecule has 0 saturated heterocycles. The van der Waals surface area contributed by atoms with Gasteiger partial charge in [-0.05, 0) is 25.0 Å². The molecule has 17 heavy (non-hydrogen) atoms. The molecule has 1 aromatic rings. The number of aliphatic carboxylic acids is 1. The Morgan fingerprint density at radius 2 is 2.18 bits per heavy atom. The Morgan fingerprint density at radius 3 is 2.71 bits per heavy atom. The molecule has 0 aliphatic heterocycles. The van der Waals surface area contributed by atoms with E-state index in [1.807, 2.05) is 38.1 Å². The summed E-state index contributed by atoms with van der Waals surface area (Å²) in [7, 11) is 1.64. The summed E-state index contributed by atoms with van der Waals surface area (Å²) in [6.07, 6.45) is -0.0726. The van der Waals surface area contributed by atoms with Crippen LogP contribution in [0, 0.1) is 0 Å². The predicted octanol–water partition coefficient (Wildman–Crippen LogP) is 2.04. The first-order valence-corrected chi connectivity index (χ1v) is 5.50. The van der Waals surface area contributed by atoms with Crippen molar-refractivity contribution < 1.29 is 14.6 Å². The Balaban J connectivity index is 2.97. The number of carboxylic acid groups (broad SMARTS) is 1. The molecule has 1 rings (SSSR count). The van der Waals surface area contributed by atoms with Crippen molar-refractivity contribution in [2.45, 2.75) is 31.9 Å². The molecule has 4 heteroatoms. The van der Waals surface area contributed by atoms with Gasteiger partial charge in [0.15, 0.2) is 0 Å². The Kier molecular flexibility index (Phi) is 4.26. The lowest BCUT2D eigenvalue weighted by molar-refractivity contribution is -0.137. The number of rotatable bonds is 5. The molecule has 1 unspecified atom stereocenters. The predicted molar refractivity (Wildman–Crippen MR) is 65.7 cm³/mol. The van der Waals surface area contributed by atoms with Crippen LogP contribution >= 0.6 is 0 Å². The lowest BCUT2D eigenvalue weighted by Crippen LogP contribution is -2.21. The Hall–Kier alpha value is -1.39. The first-order chi connectivity index (χ1) is 7.86. The van der Waals surface area contributed by atoms with Crippen molar-refractivity contribution in [3.8, 4) is 0 Å². The fourth-order valence-corrected chi connectivity index (χ4v) is 1.57. The minimum Gasteiger partial charge on any atom is -0.481 e. The molecule has 94 valence electrons. The van der Waals surface area contributed by atoms with Crippen LogP contribution in [0.5, 0.6) is 0 Å². The SMILES string of the molecule is COC(C)(C)c1cccc(C(N)CC(=O)O)c1. The van der Waals surface area contributed by atoms with Gasteiger partial charge in [-0.25, -0.2) is 0 Å². The third kappa shape index (κ3) is 3.54. The Bertz CT molecular complexity index is 401. The van der Waals surface area contributed by atoms with Gasteiger partial charge in [0, 0.05) is 13.2 Å². The van der Waals surface area contributed by atoms with Crippen LogP contribution in [-0.4, -0.2) is 18.2 Å². The van der Waals surface area contributed by atoms with E-state index in [1.165, 1.54) is 0 Å². The van der Waals surface area contributed by atoms with Crippen LogP contribution in [0.25, 0.3) is 0 Å². The molecular weight excluding hydrogens is 218 g/mol. The van der Waals surface area contributed by atoms with Gasteiger partial charge in [-0.1, -0.05) is 24.3 Å². The number of hydrogen-bond donors (Lipinski definition) is 2. The average Bonchev–Trinajstić information content (AvgIpc) is 2.28. The highest BCUT2D eigenvalue weighted by molar-refractivity contribution is 5.67. The molecule has 0 aliphatic rings. The molecule has 1 atom stereocenters. The van der Waals surface area contributed by atoms with Crippen LogP contribution in [0.15, 0.2) is 24.3 Å². The van der Waals surface area contributed by atoms with Crippen molar-refractivity contribution >= 4 is 5.97 Å². The molecule has 0 fully saturated rings. The molecule has 0 bridgehead atoms. The van der Waals surface area contributed by atoms with Crippen molar-refractivity contribution in [1.82, 2.24) is 0 Å². The van der Waals surface area contributed by atoms with Gasteiger partial charge in [0.25, 0.3) is 0 Å². The molecule has 0 aromatic heterocycles. The van der Waals surface area contributed by atoms with Crippen molar-refractivity contribution in [3.63, 3.8) is 0 Å². The first-order valence-electron chi connectivity index (χ1n) is 5.50. The lowest BCUT2D eigenvalue weighted by atomic mass is 9.93. The topological polar surface area (TPSA) is 72.5 Å². The van der Waals surface area contributed by atoms with E-state index in [2.05, 4.69) is 0 Å². The van der Waals surface area contributed by atoms with Crippen molar-refractivity contribution in [3.05, 3.63) is 35.4 Å². The number of nitrogens with two attached hydrogens (primary N) is 1. The van der Waals surface area contributed by atoms with Crippen molar-refractivity contribution in [2.24, 2.45) is 5.73 Å². The molecule has 0 heterocycles. The number of methoxy groups -OCH3 is 1. The average molecular weight is 237 g/mol. The minimum atomic E-state index is -0.895. The van der Waals surface area contributed by atoms with Crippen molar-refractivity contribution in [2.75, 3.05) is 7.11 Å². The molecule has 0 saturated carbocycles. The highest BCUT2D eigenvalue weighted by Gasteiger charge is 2.20. The summed E-state index contributed by atoms with van der Waals surface area (Å²) in [5.74, 6) is -0.895. The van der Waals surface area contributed by atoms with Crippen LogP contribution in [0.3, 0.4) is 0 Å². The van der Waals surface area contributed by atoms with Gasteiger partial charge in [0.05, 0.1) is 12.0 Å². The Labute approximate surface area is 101 Å². The molecule has 0 radical (unpaired) electrons. The Morgan fingerprint density at radius 1 is 1.53 bits per heavy atom. The van der Waals surface area contributed by atoms with Crippen LogP contribution in [-0.2, 0) is 15.1 Å². The summed E-state index contributed by atoms with van der Waals surface area (Å²) in [4.78, 5) is 10.6. The molecule has 4 nitrogen and oxygen atoms in total. The molecule has 0 amide bonds. The van der Waals surface area contributed by atoms with Gasteiger partial charge < -0.3 is 15.6 Å². The zero-order valence-corrected chi connectivity index (χ0v) is 10.4. The largest absolute Gasteiger partial charge is 0.481 e. The maximum atomic E-state index is 10.6. The normalized spacial score (nSPS) is 13.4. The van der Waals surface area contributed by atoms with Gasteiger partial charge >= 0.3 is 5.97 Å². The summed E-state index contributed by atoms with van der Waals surface area (Å²) >= 11 is 0. The van der Waals surface area contributed by atoms with E-state index in [1.54, 1.807) is 7.11 Å². The first kappa shape index (κ1) is 13.7. The second kappa shape index (κ2) is 5.29. The van der Waals surface area contributed by atoms with Gasteiger partial charge in [0.2, 0.25) is 0 Å². The standard InChI is InChI=1S/C13H19NO3/c1-13(2,17-3)10-6-4-5-9(7-10)11(14)8-12(15)16/h4-7,11H,8,14H2,1-3H3,(H,15,16). The van der Waals surface area contributed by atoms with E-state index in [4.69, 9.17) is 15.6 Å². The van der Waals surface area contributed by atoms with E-state index in [0.29, 0.717) is 0 Å². The lowest BCUT2D eigenvalue weighted by Gasteiger charge is -2.24. The van der Waals surface area contributed by atoms with Crippen LogP contribution in [0.4, 0.5) is 0 Å². The summed E-state index contributed by atoms with van der Waals surface area (Å²) in [6, 6.07) is 7.06. The number of carbonyl (C=O) groups is 1. The fourth-order valence-electron chi connectivity index (χ4n) is 1.57. The maximum absolute atomic E-state index is 10.6. The third-order valence-corrected chi connectivity index (χ3v) is 2.91. The fraction of sp³-hybridized carbons (Fsp3) is 0.462. The zero-order valence-electron chi connectivity index (χ0n) is 10.4. The molecule has 0 spiro atoms. The van der Waals surface area contributed by atoms with Crippen LogP contribution in [0.2, 0.25) is 0 Å². The second-order valence-corrected chi connectivity index (χ2v) is 4.54. The molecule has 3 N–H and O–H groups in total. The van der Waals surface area contributed by atoms with E-state index >= 15 is 0 Å². The quantitative estimate of drug-likeness (QED) is 0.822. The van der Waals surface area contributed by atoms with Crippen LogP contribution < -0.4 is 5.73 Å². The number of ether oxygens (including phenoxy) is 1. The summed E-state index contributed by atoms with van der Waals surface area (Å²) in [5, 5.41) is 8.72. The zero-order chi connectivity index (χ0) is 13.1. The van der Waals surface area contributed by atoms with Gasteiger partial charge in [-0.2, -0.15) is 0 Å². The van der Waals surface area contributed by atoms with Crippen molar-refractivity contribution in [1.29, 1.82) is 0 Å². The molecule has 0 aliphatic carbocycles. The summed E-state index contributed by atoms with van der Waals surface area (Å²) < 4.78 is 5.38. The number of benzene rings is 1. The van der Waals surface area contributed by atoms with E-state index in [0.717, 1.165) is 11.1 Å². The highest BCUT2D eigenvalue weighted by atomic mass is 16.5. The smallest absolute Gasteiger partial charge is 0.305 e. The summed E-state index contributed by atoms with van der Waals surface area (Å²) in [5.41, 5.74) is 7.22. The van der Waals surface area contributed by atoms with E-state index in [9.17, 15) is 4.79 Å². The van der Waals surface area contributed by atoms with Gasteiger partial charge in [-0.15, -0.1) is 0 Å². The third-order valence-electron chi connectivity index (χ3n) is 2.91. The minimum absolute atomic E-state index is 0.0726. The highest BCUT2D eigenvalue weighted by Crippen LogP contribution is 2.26. The summed E-state index contributed by atoms with van der Waals surface area (Å²) in [6.45, 7) is 3.91.